The van der Waals surface area contributed by atoms with E-state index in [1.165, 1.54) is 11.1 Å². The summed E-state index contributed by atoms with van der Waals surface area (Å²) in [4.78, 5) is 5.41. The van der Waals surface area contributed by atoms with E-state index < -0.39 is 31.7 Å². The van der Waals surface area contributed by atoms with Crippen LogP contribution in [0.5, 0.6) is 0 Å². The van der Waals surface area contributed by atoms with Crippen molar-refractivity contribution in [3.63, 3.8) is 0 Å². The van der Waals surface area contributed by atoms with E-state index in [1.54, 1.807) is 18.2 Å². The summed E-state index contributed by atoms with van der Waals surface area (Å²) < 4.78 is 63.7. The first-order valence-corrected chi connectivity index (χ1v) is 8.80. The van der Waals surface area contributed by atoms with Gasteiger partial charge in [-0.1, -0.05) is 6.07 Å². The Kier molecular flexibility index (Phi) is 13.1. The summed E-state index contributed by atoms with van der Waals surface area (Å²) in [5.41, 5.74) is 0.582. The molecule has 114 valence electrons. The standard InChI is InChI=1S/C10H16N2O6S2.2Na/c13-19(14,15)7-5-12(6-8-20(16,17)18)9-10-3-1-2-4-11-10;;/h1-4H,5-9H2,(H,13,14,15)(H,16,17,18);;/q;2*+1/p-2. The van der Waals surface area contributed by atoms with Crippen molar-refractivity contribution < 1.29 is 85.1 Å². The average Bonchev–Trinajstić information content (AvgIpc) is 2.32. The maximum atomic E-state index is 10.6. The smallest absolute Gasteiger partial charge is 0.748 e. The molecule has 0 atom stereocenters. The van der Waals surface area contributed by atoms with E-state index in [-0.39, 0.29) is 78.7 Å². The zero-order chi connectivity index (χ0) is 15.2. The molecule has 8 nitrogen and oxygen atoms in total. The third-order valence-electron chi connectivity index (χ3n) is 2.43. The van der Waals surface area contributed by atoms with E-state index in [9.17, 15) is 25.9 Å². The number of pyridine rings is 1. The van der Waals surface area contributed by atoms with Gasteiger partial charge in [-0.25, -0.2) is 16.8 Å². The molecule has 0 amide bonds. The predicted molar refractivity (Wildman–Crippen MR) is 68.6 cm³/mol. The van der Waals surface area contributed by atoms with Gasteiger partial charge in [0.1, 0.15) is 0 Å². The molecule has 0 aromatic carbocycles. The fourth-order valence-electron chi connectivity index (χ4n) is 1.47. The van der Waals surface area contributed by atoms with Crippen molar-refractivity contribution in [1.29, 1.82) is 0 Å². The zero-order valence-corrected chi connectivity index (χ0v) is 18.1. The summed E-state index contributed by atoms with van der Waals surface area (Å²) in [5, 5.41) is 0. The molecule has 22 heavy (non-hydrogen) atoms. The number of hydrogen-bond donors (Lipinski definition) is 0. The van der Waals surface area contributed by atoms with Gasteiger partial charge in [0.25, 0.3) is 0 Å². The minimum atomic E-state index is -4.40. The Morgan fingerprint density at radius 3 is 1.82 bits per heavy atom. The Labute approximate surface area is 174 Å². The quantitative estimate of drug-likeness (QED) is 0.327. The molecule has 0 saturated heterocycles. The number of aromatic nitrogens is 1. The van der Waals surface area contributed by atoms with Gasteiger partial charge in [0, 0.05) is 25.8 Å². The molecule has 0 bridgehead atoms. The van der Waals surface area contributed by atoms with Gasteiger partial charge in [-0.3, -0.25) is 9.88 Å². The molecular weight excluding hydrogens is 354 g/mol. The molecule has 0 saturated carbocycles. The number of nitrogens with zero attached hydrogens (tertiary/aromatic N) is 2. The van der Waals surface area contributed by atoms with Gasteiger partial charge in [0.2, 0.25) is 0 Å². The van der Waals surface area contributed by atoms with Crippen molar-refractivity contribution in [2.45, 2.75) is 6.54 Å². The Morgan fingerprint density at radius 2 is 1.45 bits per heavy atom. The molecule has 0 spiro atoms. The second kappa shape index (κ2) is 11.5. The van der Waals surface area contributed by atoms with Gasteiger partial charge in [-0.15, -0.1) is 0 Å². The maximum Gasteiger partial charge on any atom is 1.00 e. The van der Waals surface area contributed by atoms with E-state index in [0.29, 0.717) is 5.69 Å². The van der Waals surface area contributed by atoms with Crippen LogP contribution < -0.4 is 59.1 Å². The first-order valence-electron chi connectivity index (χ1n) is 5.65. The van der Waals surface area contributed by atoms with E-state index in [4.69, 9.17) is 0 Å². The fourth-order valence-corrected chi connectivity index (χ4v) is 2.44. The van der Waals surface area contributed by atoms with Gasteiger partial charge in [-0.2, -0.15) is 0 Å². The average molecular weight is 368 g/mol. The summed E-state index contributed by atoms with van der Waals surface area (Å²) >= 11 is 0. The first-order chi connectivity index (χ1) is 9.16. The van der Waals surface area contributed by atoms with Gasteiger partial charge in [-0.05, 0) is 12.1 Å². The number of hydrogen-bond acceptors (Lipinski definition) is 8. The monoisotopic (exact) mass is 368 g/mol. The molecule has 1 aromatic rings. The summed E-state index contributed by atoms with van der Waals surface area (Å²) in [7, 11) is -8.81. The Bertz CT molecular complexity index is 588. The Hall–Kier alpha value is 0.930. The molecule has 0 radical (unpaired) electrons. The zero-order valence-electron chi connectivity index (χ0n) is 12.5. The van der Waals surface area contributed by atoms with Gasteiger partial charge >= 0.3 is 59.1 Å². The number of rotatable bonds is 8. The fraction of sp³-hybridized carbons (Fsp3) is 0.500. The van der Waals surface area contributed by atoms with Crippen molar-refractivity contribution in [3.8, 4) is 0 Å². The van der Waals surface area contributed by atoms with E-state index >= 15 is 0 Å². The van der Waals surface area contributed by atoms with Crippen LogP contribution in [-0.4, -0.2) is 60.4 Å². The summed E-state index contributed by atoms with van der Waals surface area (Å²) in [5.74, 6) is -1.31. The summed E-state index contributed by atoms with van der Waals surface area (Å²) in [6, 6.07) is 5.08. The van der Waals surface area contributed by atoms with Gasteiger partial charge in [0.05, 0.1) is 37.4 Å². The SMILES string of the molecule is O=S(=O)([O-])CCN(CCS(=O)(=O)[O-])Cc1ccccn1.[Na+].[Na+]. The van der Waals surface area contributed by atoms with Crippen LogP contribution in [0, 0.1) is 0 Å². The Balaban J connectivity index is 0. The minimum absolute atomic E-state index is 0. The molecule has 1 rings (SSSR count). The van der Waals surface area contributed by atoms with E-state index in [0.717, 1.165) is 0 Å². The van der Waals surface area contributed by atoms with E-state index in [1.807, 2.05) is 0 Å². The van der Waals surface area contributed by atoms with Gasteiger partial charge in [0.15, 0.2) is 0 Å². The van der Waals surface area contributed by atoms with Crippen LogP contribution in [-0.2, 0) is 26.8 Å². The van der Waals surface area contributed by atoms with Crippen molar-refractivity contribution in [2.24, 2.45) is 0 Å². The second-order valence-corrected chi connectivity index (χ2v) is 7.17. The molecule has 0 unspecified atom stereocenters. The Morgan fingerprint density at radius 1 is 0.955 bits per heavy atom. The molecule has 1 heterocycles. The van der Waals surface area contributed by atoms with Crippen LogP contribution in [0.1, 0.15) is 5.69 Å². The van der Waals surface area contributed by atoms with E-state index in [2.05, 4.69) is 4.98 Å². The molecule has 0 aliphatic carbocycles. The van der Waals surface area contributed by atoms with Crippen LogP contribution in [0.2, 0.25) is 0 Å². The topological polar surface area (TPSA) is 131 Å². The van der Waals surface area contributed by atoms with Crippen molar-refractivity contribution in [1.82, 2.24) is 9.88 Å². The van der Waals surface area contributed by atoms with Gasteiger partial charge < -0.3 is 9.11 Å². The molecule has 0 aliphatic heterocycles. The van der Waals surface area contributed by atoms with Crippen LogP contribution >= 0.6 is 0 Å². The molecule has 1 aromatic heterocycles. The normalized spacial score (nSPS) is 11.6. The van der Waals surface area contributed by atoms with Crippen molar-refractivity contribution in [3.05, 3.63) is 30.1 Å². The largest absolute Gasteiger partial charge is 1.00 e. The second-order valence-electron chi connectivity index (χ2n) is 4.12. The summed E-state index contributed by atoms with van der Waals surface area (Å²) in [6.45, 7) is -0.151. The maximum absolute atomic E-state index is 10.6. The van der Waals surface area contributed by atoms with Crippen LogP contribution in [0.3, 0.4) is 0 Å². The third kappa shape index (κ3) is 13.4. The van der Waals surface area contributed by atoms with Crippen LogP contribution in [0.15, 0.2) is 24.4 Å². The van der Waals surface area contributed by atoms with Crippen LogP contribution in [0.4, 0.5) is 0 Å². The summed E-state index contributed by atoms with van der Waals surface area (Å²) in [6.07, 6.45) is 1.53. The molecule has 0 fully saturated rings. The minimum Gasteiger partial charge on any atom is -0.748 e. The molecule has 12 heteroatoms. The first kappa shape index (κ1) is 25.2. The molecule has 0 N–H and O–H groups in total. The molecule has 0 aliphatic rings. The molecular formula is C10H14N2Na2O6S2. The van der Waals surface area contributed by atoms with Crippen LogP contribution in [0.25, 0.3) is 0 Å². The van der Waals surface area contributed by atoms with Crippen molar-refractivity contribution >= 4 is 20.2 Å². The predicted octanol–water partition coefficient (Wildman–Crippen LogP) is -7.02. The third-order valence-corrected chi connectivity index (χ3v) is 3.79. The van der Waals surface area contributed by atoms with Crippen molar-refractivity contribution in [2.75, 3.05) is 24.6 Å².